The third-order valence-electron chi connectivity index (χ3n) is 3.96. The third-order valence-corrected chi connectivity index (χ3v) is 3.96. The summed E-state index contributed by atoms with van der Waals surface area (Å²) in [5.41, 5.74) is 0. The van der Waals surface area contributed by atoms with Crippen molar-refractivity contribution >= 4 is 11.8 Å². The lowest BCUT2D eigenvalue weighted by Crippen LogP contribution is -2.56. The lowest BCUT2D eigenvalue weighted by atomic mass is 10.1. The van der Waals surface area contributed by atoms with Crippen molar-refractivity contribution in [1.29, 1.82) is 0 Å². The average molecular weight is 267 g/mol. The molecular formula is C14H25N3O2. The van der Waals surface area contributed by atoms with E-state index >= 15 is 0 Å². The van der Waals surface area contributed by atoms with Crippen LogP contribution in [-0.4, -0.2) is 60.4 Å². The average Bonchev–Trinajstić information content (AvgIpc) is 2.44. The Morgan fingerprint density at radius 2 is 2.00 bits per heavy atom. The van der Waals surface area contributed by atoms with E-state index in [-0.39, 0.29) is 17.9 Å². The van der Waals surface area contributed by atoms with Crippen LogP contribution in [0, 0.1) is 0 Å². The lowest BCUT2D eigenvalue weighted by Gasteiger charge is -2.34. The largest absolute Gasteiger partial charge is 0.343 e. The molecule has 108 valence electrons. The van der Waals surface area contributed by atoms with Crippen LogP contribution in [-0.2, 0) is 9.59 Å². The summed E-state index contributed by atoms with van der Waals surface area (Å²) in [5, 5.41) is 3.19. The minimum atomic E-state index is -0.310. The molecule has 0 spiro atoms. The zero-order chi connectivity index (χ0) is 13.7. The Morgan fingerprint density at radius 3 is 2.68 bits per heavy atom. The fourth-order valence-corrected chi connectivity index (χ4v) is 2.89. The Kier molecular flexibility index (Phi) is 5.19. The van der Waals surface area contributed by atoms with Crippen molar-refractivity contribution in [3.05, 3.63) is 0 Å². The number of rotatable bonds is 4. The summed E-state index contributed by atoms with van der Waals surface area (Å²) in [5.74, 6) is 0.224. The van der Waals surface area contributed by atoms with E-state index in [1.165, 1.54) is 6.42 Å². The Bertz CT molecular complexity index is 325. The highest BCUT2D eigenvalue weighted by atomic mass is 16.2. The normalized spacial score (nSPS) is 24.7. The van der Waals surface area contributed by atoms with Gasteiger partial charge in [-0.3, -0.25) is 9.59 Å². The van der Waals surface area contributed by atoms with Gasteiger partial charge in [0.2, 0.25) is 11.8 Å². The van der Waals surface area contributed by atoms with E-state index < -0.39 is 0 Å². The summed E-state index contributed by atoms with van der Waals surface area (Å²) < 4.78 is 0. The van der Waals surface area contributed by atoms with Gasteiger partial charge in [-0.25, -0.2) is 0 Å². The van der Waals surface area contributed by atoms with Crippen molar-refractivity contribution in [2.24, 2.45) is 0 Å². The highest BCUT2D eigenvalue weighted by molar-refractivity contribution is 5.89. The molecule has 2 amide bonds. The monoisotopic (exact) mass is 267 g/mol. The minimum absolute atomic E-state index is 0.0958. The molecule has 0 aromatic rings. The molecule has 5 nitrogen and oxygen atoms in total. The Balaban J connectivity index is 1.86. The van der Waals surface area contributed by atoms with Crippen LogP contribution >= 0.6 is 0 Å². The third kappa shape index (κ3) is 3.69. The maximum absolute atomic E-state index is 12.2. The second-order valence-electron chi connectivity index (χ2n) is 5.48. The Labute approximate surface area is 115 Å². The van der Waals surface area contributed by atoms with Gasteiger partial charge in [-0.2, -0.15) is 0 Å². The first-order chi connectivity index (χ1) is 9.22. The van der Waals surface area contributed by atoms with Gasteiger partial charge in [0.05, 0.1) is 12.5 Å². The van der Waals surface area contributed by atoms with Crippen molar-refractivity contribution in [3.8, 4) is 0 Å². The molecule has 1 N–H and O–H groups in total. The van der Waals surface area contributed by atoms with Crippen LogP contribution < -0.4 is 5.32 Å². The first-order valence-corrected chi connectivity index (χ1v) is 7.52. The number of piperidine rings is 1. The van der Waals surface area contributed by atoms with Gasteiger partial charge in [-0.1, -0.05) is 6.92 Å². The molecule has 19 heavy (non-hydrogen) atoms. The van der Waals surface area contributed by atoms with Crippen LogP contribution in [0.2, 0.25) is 0 Å². The van der Waals surface area contributed by atoms with E-state index in [9.17, 15) is 9.59 Å². The molecule has 0 radical (unpaired) electrons. The minimum Gasteiger partial charge on any atom is -0.343 e. The number of hydrogen-bond acceptors (Lipinski definition) is 3. The van der Waals surface area contributed by atoms with Crippen LogP contribution in [0.3, 0.4) is 0 Å². The molecule has 5 heteroatoms. The molecule has 1 unspecified atom stereocenters. The molecular weight excluding hydrogens is 242 g/mol. The first kappa shape index (κ1) is 14.3. The number of carbonyl (C=O) groups is 2. The van der Waals surface area contributed by atoms with Crippen molar-refractivity contribution < 1.29 is 9.59 Å². The Hall–Kier alpha value is -1.10. The van der Waals surface area contributed by atoms with E-state index in [1.54, 1.807) is 0 Å². The standard InChI is InChI=1S/C14H25N3O2/c1-2-7-17-10-6-15-12(14(17)19)11-13(18)16-8-4-3-5-9-16/h12,15H,2-11H2,1H3. The molecule has 0 saturated carbocycles. The molecule has 0 aromatic carbocycles. The maximum Gasteiger partial charge on any atom is 0.240 e. The Morgan fingerprint density at radius 1 is 1.26 bits per heavy atom. The predicted octanol–water partition coefficient (Wildman–Crippen LogP) is 0.599. The SMILES string of the molecule is CCCN1CCNC(CC(=O)N2CCCCC2)C1=O. The predicted molar refractivity (Wildman–Crippen MR) is 73.7 cm³/mol. The van der Waals surface area contributed by atoms with Crippen LogP contribution in [0.1, 0.15) is 39.0 Å². The van der Waals surface area contributed by atoms with Gasteiger partial charge >= 0.3 is 0 Å². The number of amides is 2. The number of likely N-dealkylation sites (tertiary alicyclic amines) is 1. The fourth-order valence-electron chi connectivity index (χ4n) is 2.89. The lowest BCUT2D eigenvalue weighted by molar-refractivity contribution is -0.141. The van der Waals surface area contributed by atoms with Crippen molar-refractivity contribution in [1.82, 2.24) is 15.1 Å². The zero-order valence-electron chi connectivity index (χ0n) is 11.9. The van der Waals surface area contributed by atoms with E-state index in [4.69, 9.17) is 0 Å². The van der Waals surface area contributed by atoms with Gasteiger partial charge in [-0.15, -0.1) is 0 Å². The summed E-state index contributed by atoms with van der Waals surface area (Å²) in [4.78, 5) is 28.2. The van der Waals surface area contributed by atoms with Crippen molar-refractivity contribution in [3.63, 3.8) is 0 Å². The van der Waals surface area contributed by atoms with Crippen LogP contribution in [0.5, 0.6) is 0 Å². The fraction of sp³-hybridized carbons (Fsp3) is 0.857. The first-order valence-electron chi connectivity index (χ1n) is 7.52. The van der Waals surface area contributed by atoms with E-state index in [1.807, 2.05) is 9.80 Å². The second-order valence-corrected chi connectivity index (χ2v) is 5.48. The number of nitrogens with zero attached hydrogens (tertiary/aromatic N) is 2. The van der Waals surface area contributed by atoms with E-state index in [2.05, 4.69) is 12.2 Å². The van der Waals surface area contributed by atoms with Gasteiger partial charge in [0.25, 0.3) is 0 Å². The van der Waals surface area contributed by atoms with Gasteiger partial charge < -0.3 is 15.1 Å². The number of piperazine rings is 1. The summed E-state index contributed by atoms with van der Waals surface area (Å²) in [6, 6.07) is -0.310. The molecule has 2 aliphatic rings. The van der Waals surface area contributed by atoms with Crippen LogP contribution in [0.25, 0.3) is 0 Å². The quantitative estimate of drug-likeness (QED) is 0.811. The number of hydrogen-bond donors (Lipinski definition) is 1. The molecule has 0 aromatic heterocycles. The highest BCUT2D eigenvalue weighted by Gasteiger charge is 2.31. The summed E-state index contributed by atoms with van der Waals surface area (Å²) in [6.45, 7) is 6.15. The molecule has 2 aliphatic heterocycles. The van der Waals surface area contributed by atoms with Crippen LogP contribution in [0.15, 0.2) is 0 Å². The molecule has 2 rings (SSSR count). The zero-order valence-corrected chi connectivity index (χ0v) is 11.9. The molecule has 2 saturated heterocycles. The van der Waals surface area contributed by atoms with Gasteiger partial charge in [0.1, 0.15) is 0 Å². The molecule has 2 fully saturated rings. The second kappa shape index (κ2) is 6.89. The summed E-state index contributed by atoms with van der Waals surface area (Å²) >= 11 is 0. The summed E-state index contributed by atoms with van der Waals surface area (Å²) in [7, 11) is 0. The van der Waals surface area contributed by atoms with E-state index in [0.29, 0.717) is 6.42 Å². The van der Waals surface area contributed by atoms with Gasteiger partial charge in [0.15, 0.2) is 0 Å². The smallest absolute Gasteiger partial charge is 0.240 e. The van der Waals surface area contributed by atoms with Crippen molar-refractivity contribution in [2.75, 3.05) is 32.7 Å². The van der Waals surface area contributed by atoms with Crippen LogP contribution in [0.4, 0.5) is 0 Å². The van der Waals surface area contributed by atoms with Gasteiger partial charge in [0, 0.05) is 32.7 Å². The topological polar surface area (TPSA) is 52.7 Å². The van der Waals surface area contributed by atoms with Gasteiger partial charge in [-0.05, 0) is 25.7 Å². The molecule has 1 atom stereocenters. The number of nitrogens with one attached hydrogen (secondary N) is 1. The maximum atomic E-state index is 12.2. The summed E-state index contributed by atoms with van der Waals surface area (Å²) in [6.07, 6.45) is 4.70. The van der Waals surface area contributed by atoms with E-state index in [0.717, 1.165) is 52.0 Å². The molecule has 2 heterocycles. The highest BCUT2D eigenvalue weighted by Crippen LogP contribution is 2.13. The van der Waals surface area contributed by atoms with Crippen molar-refractivity contribution in [2.45, 2.75) is 45.1 Å². The molecule has 0 bridgehead atoms. The number of carbonyl (C=O) groups excluding carboxylic acids is 2. The molecule has 0 aliphatic carbocycles.